The molecule has 4 aromatic carbocycles. The molecule has 16 fully saturated rings. The Morgan fingerprint density at radius 1 is 0.465 bits per heavy atom. The normalized spacial score (nSPS) is 36.2. The molecule has 540 valence electrons. The van der Waals surface area contributed by atoms with E-state index in [1.165, 1.54) is 83.0 Å². The van der Waals surface area contributed by atoms with Crippen molar-refractivity contribution in [2.45, 2.75) is 292 Å². The molecular weight excluding hydrogens is 1280 g/mol. The van der Waals surface area contributed by atoms with Gasteiger partial charge in [-0.25, -0.2) is 0 Å². The van der Waals surface area contributed by atoms with Crippen molar-refractivity contribution < 1.29 is 58.9 Å². The Bertz CT molecular complexity index is 3140. The second-order valence-electron chi connectivity index (χ2n) is 35.1. The zero-order valence-electron chi connectivity index (χ0n) is 65.3. The molecule has 4 aromatic rings. The SMILES string of the molecule is C.CCc1cccc(CB2O[C@@H]3C[C@@H]4C[C@@H](C4(C)C)[C@]3(C)O2)c1.CCc1cccc(CC(Cl)B2O[C@@H]3C[C@@H]4C[C@@H](C4(C)C)[C@]3(C)O2)c1.CCc1cccc(C[C@H](C)B2O[C@@H]3C[C@@H]4C[C@@H](C4(C)C)[C@]3(C)O2)c1.CCc1cccc(C[C@H](N)B2O[C@@H]3C[C@@H]4C[C@@H](C4(C)C)[C@]3(C)O2)c1.Cl.[2H]CS.[H-].[Li+]. The fraction of sp³-hybridized carbons (Fsp3) is 0.707. The molecule has 4 saturated heterocycles. The van der Waals surface area contributed by atoms with Gasteiger partial charge in [0.05, 0.1) is 52.1 Å². The third-order valence-corrected chi connectivity index (χ3v) is 28.8. The topological polar surface area (TPSA) is 99.9 Å². The van der Waals surface area contributed by atoms with E-state index >= 15 is 0 Å². The van der Waals surface area contributed by atoms with Gasteiger partial charge in [-0.05, 0) is 250 Å². The second kappa shape index (κ2) is 31.3. The fourth-order valence-corrected chi connectivity index (χ4v) is 21.9. The number of hydrogen-bond acceptors (Lipinski definition) is 10. The monoisotopic (exact) mass is 1410 g/mol. The van der Waals surface area contributed by atoms with Crippen molar-refractivity contribution in [3.63, 3.8) is 0 Å². The Hall–Kier alpha value is -1.69. The summed E-state index contributed by atoms with van der Waals surface area (Å²) in [6, 6.07) is 35.2. The first-order valence-corrected chi connectivity index (χ1v) is 38.9. The van der Waals surface area contributed by atoms with E-state index in [0.717, 1.165) is 87.8 Å². The van der Waals surface area contributed by atoms with Crippen LogP contribution in [-0.2, 0) is 88.5 Å². The maximum Gasteiger partial charge on any atom is 1.00 e. The first kappa shape index (κ1) is 79.9. The molecule has 4 heterocycles. The van der Waals surface area contributed by atoms with Crippen molar-refractivity contribution in [2.24, 2.45) is 74.7 Å². The van der Waals surface area contributed by atoms with Gasteiger partial charge in [-0.2, -0.15) is 12.6 Å². The van der Waals surface area contributed by atoms with Crippen LogP contribution in [0.5, 0.6) is 0 Å². The smallest absolute Gasteiger partial charge is 1.00 e. The number of alkyl halides is 1. The van der Waals surface area contributed by atoms with Crippen LogP contribution in [0.4, 0.5) is 0 Å². The fourth-order valence-electron chi connectivity index (χ4n) is 21.6. The summed E-state index contributed by atoms with van der Waals surface area (Å²) in [7, 11) is -0.694. The zero-order chi connectivity index (χ0) is 69.6. The number of aryl methyl sites for hydroxylation is 4. The van der Waals surface area contributed by atoms with Crippen LogP contribution in [0.3, 0.4) is 0 Å². The predicted octanol–water partition coefficient (Wildman–Crippen LogP) is 15.7. The minimum Gasteiger partial charge on any atom is -1.00 e. The number of nitrogens with two attached hydrogens (primary N) is 1. The van der Waals surface area contributed by atoms with Gasteiger partial charge < -0.3 is 44.4 Å². The average molecular weight is 1410 g/mol. The number of thiol groups is 1. The molecule has 0 aromatic heterocycles. The first-order chi connectivity index (χ1) is 45.9. The van der Waals surface area contributed by atoms with Gasteiger partial charge in [0.2, 0.25) is 0 Å². The summed E-state index contributed by atoms with van der Waals surface area (Å²) in [6.45, 7) is 39.4. The van der Waals surface area contributed by atoms with E-state index in [-0.39, 0.29) is 121 Å². The van der Waals surface area contributed by atoms with Crippen LogP contribution in [-0.4, -0.2) is 92.7 Å². The molecule has 99 heavy (non-hydrogen) atoms. The van der Waals surface area contributed by atoms with Gasteiger partial charge in [-0.3, -0.25) is 0 Å². The van der Waals surface area contributed by atoms with E-state index in [1.54, 1.807) is 0 Å². The summed E-state index contributed by atoms with van der Waals surface area (Å²) < 4.78 is 57.5. The van der Waals surface area contributed by atoms with Gasteiger partial charge in [-0.15, -0.1) is 24.0 Å². The number of rotatable bonds is 15. The molecule has 0 radical (unpaired) electrons. The Morgan fingerprint density at radius 2 is 0.758 bits per heavy atom. The summed E-state index contributed by atoms with van der Waals surface area (Å²) in [5, 5.41) is -0.139. The van der Waals surface area contributed by atoms with Crippen LogP contribution >= 0.6 is 36.6 Å². The molecule has 12 saturated carbocycles. The second-order valence-corrected chi connectivity index (χ2v) is 35.6. The summed E-state index contributed by atoms with van der Waals surface area (Å²) in [5.41, 5.74) is 18.4. The van der Waals surface area contributed by atoms with Crippen LogP contribution in [0.15, 0.2) is 97.1 Å². The quantitative estimate of drug-likeness (QED) is 0.0685. The van der Waals surface area contributed by atoms with E-state index in [9.17, 15) is 0 Å². The van der Waals surface area contributed by atoms with Gasteiger partial charge >= 0.3 is 47.3 Å². The van der Waals surface area contributed by atoms with Gasteiger partial charge in [0.25, 0.3) is 0 Å². The minimum absolute atomic E-state index is 0. The van der Waals surface area contributed by atoms with Crippen LogP contribution in [0, 0.1) is 69.0 Å². The molecule has 12 aliphatic carbocycles. The van der Waals surface area contributed by atoms with Crippen LogP contribution < -0.4 is 24.6 Å². The van der Waals surface area contributed by atoms with Gasteiger partial charge in [0.15, 0.2) is 0 Å². The maximum absolute atomic E-state index is 6.73. The van der Waals surface area contributed by atoms with E-state index in [0.29, 0.717) is 63.4 Å². The molecule has 9 nitrogen and oxygen atoms in total. The molecule has 1 unspecified atom stereocenters. The number of halogens is 2. The van der Waals surface area contributed by atoms with E-state index in [1.807, 2.05) is 0 Å². The molecule has 8 bridgehead atoms. The Labute approximate surface area is 633 Å². The van der Waals surface area contributed by atoms with Crippen LogP contribution in [0.1, 0.15) is 224 Å². The predicted molar refractivity (Wildman–Crippen MR) is 416 cm³/mol. The summed E-state index contributed by atoms with van der Waals surface area (Å²) in [4.78, 5) is 0. The molecule has 17 heteroatoms. The van der Waals surface area contributed by atoms with Gasteiger partial charge in [0, 0.05) is 13.6 Å². The first-order valence-electron chi connectivity index (χ1n) is 38.5. The summed E-state index contributed by atoms with van der Waals surface area (Å²) >= 11 is 10.2. The van der Waals surface area contributed by atoms with E-state index in [2.05, 4.69) is 227 Å². The average Bonchev–Trinajstić information content (AvgIpc) is 1.67. The van der Waals surface area contributed by atoms with Crippen molar-refractivity contribution in [3.05, 3.63) is 142 Å². The molecule has 20 rings (SSSR count). The number of hydrogen-bond donors (Lipinski definition) is 2. The van der Waals surface area contributed by atoms with E-state index in [4.69, 9.17) is 55.9 Å². The molecule has 16 aliphatic rings. The standard InChI is InChI=1S/C21H31BO2.C20H28BClO2.C20H30BNO2.C19H27BO2.CH4S.CH4.ClH.Li.H/c1-6-15-8-7-9-16(11-15)10-14(2)22-23-19-13-17-12-18(20(17,3)4)21(19,5)24-22;2*1-5-13-7-6-8-14(9-13)10-18(22)21-23-17-12-15-11-16(19(15,2)3)20(17,4)24-21;1-5-13-7-6-8-14(9-13)12-20-21-17-11-15-10-16(18(15,2)3)19(17,4)22-20;1-2;;;;/h7-9,11,14,17-19H,6,10,12-13H2,1-5H3;6-9,15-18H,5,10-12H2,1-4H3;6-9,15-18H,5,10-12,22H2,1-4H3;6-9,15-17H,5,10-12H2,1-4H3;2H,1H3;1H4;1H;;/q;;;;;;;+1;-1/t14-,17-,18-,19+,21-;15-,16-,17+,18?,20-;15-,16-,17+,18-,20-;15-,16-,17+,19-;;;;;/m0000...../s1/i;;;;1D;;;;. The molecule has 2 N–H and O–H groups in total. The zero-order valence-corrected chi connectivity index (χ0v) is 65.8. The Balaban J connectivity index is 0.000000167. The Morgan fingerprint density at radius 3 is 1.14 bits per heavy atom. The summed E-state index contributed by atoms with van der Waals surface area (Å²) in [6.07, 6.45) is 18.8. The van der Waals surface area contributed by atoms with E-state index < -0.39 is 0 Å². The maximum atomic E-state index is 6.73. The minimum atomic E-state index is -0.290. The van der Waals surface area contributed by atoms with Crippen LogP contribution in [0.25, 0.3) is 0 Å². The van der Waals surface area contributed by atoms with Gasteiger partial charge in [0.1, 0.15) is 0 Å². The molecular formula is C82H126B4Cl2LiNO8S. The third-order valence-electron chi connectivity index (χ3n) is 28.5. The van der Waals surface area contributed by atoms with Crippen molar-refractivity contribution in [2.75, 3.05) is 6.23 Å². The van der Waals surface area contributed by atoms with Crippen molar-refractivity contribution in [1.29, 1.82) is 0 Å². The third kappa shape index (κ3) is 15.1. The van der Waals surface area contributed by atoms with Gasteiger partial charge in [-0.1, -0.05) is 194 Å². The van der Waals surface area contributed by atoms with Crippen LogP contribution in [0.2, 0.25) is 5.82 Å². The molecule has 0 amide bonds. The van der Waals surface area contributed by atoms with Crippen molar-refractivity contribution >= 4 is 65.1 Å². The number of benzene rings is 4. The molecule has 0 spiro atoms. The molecule has 19 atom stereocenters. The summed E-state index contributed by atoms with van der Waals surface area (Å²) in [5.74, 6) is 5.95. The largest absolute Gasteiger partial charge is 1.00 e. The Kier molecular flexibility index (Phi) is 25.2. The van der Waals surface area contributed by atoms with Crippen molar-refractivity contribution in [1.82, 2.24) is 0 Å². The van der Waals surface area contributed by atoms with Crippen molar-refractivity contribution in [3.8, 4) is 0 Å². The molecule has 4 aliphatic heterocycles.